The predicted octanol–water partition coefficient (Wildman–Crippen LogP) is 2.95. The quantitative estimate of drug-likeness (QED) is 0.760. The first-order chi connectivity index (χ1) is 10.0. The zero-order valence-electron chi connectivity index (χ0n) is 11.7. The monoisotopic (exact) mass is 299 g/mol. The van der Waals surface area contributed by atoms with Gasteiger partial charge in [-0.05, 0) is 30.7 Å². The van der Waals surface area contributed by atoms with E-state index in [-0.39, 0.29) is 6.03 Å². The van der Waals surface area contributed by atoms with Gasteiger partial charge < -0.3 is 16.4 Å². The molecule has 0 atom stereocenters. The fraction of sp³-hybridized carbons (Fsp3) is 0.125. The molecule has 0 aliphatic rings. The summed E-state index contributed by atoms with van der Waals surface area (Å²) in [6.45, 7) is 2.41. The molecule has 2 aromatic carbocycles. The van der Waals surface area contributed by atoms with Crippen molar-refractivity contribution in [3.63, 3.8) is 0 Å². The molecule has 108 valence electrons. The Balaban J connectivity index is 1.90. The molecule has 0 radical (unpaired) electrons. The minimum Gasteiger partial charge on any atom is -0.389 e. The molecule has 0 aliphatic heterocycles. The summed E-state index contributed by atoms with van der Waals surface area (Å²) < 4.78 is 0. The number of amides is 2. The summed E-state index contributed by atoms with van der Waals surface area (Å²) in [6, 6.07) is 14.9. The van der Waals surface area contributed by atoms with E-state index in [1.165, 1.54) is 0 Å². The Bertz CT molecular complexity index is 653. The zero-order valence-corrected chi connectivity index (χ0v) is 12.5. The van der Waals surface area contributed by atoms with Gasteiger partial charge in [-0.25, -0.2) is 4.79 Å². The Morgan fingerprint density at radius 3 is 2.57 bits per heavy atom. The molecule has 21 heavy (non-hydrogen) atoms. The van der Waals surface area contributed by atoms with Crippen LogP contribution in [-0.2, 0) is 6.54 Å². The first-order valence-corrected chi connectivity index (χ1v) is 6.96. The largest absolute Gasteiger partial charge is 0.389 e. The van der Waals surface area contributed by atoms with Crippen LogP contribution in [0.15, 0.2) is 48.5 Å². The molecule has 0 saturated carbocycles. The number of urea groups is 1. The standard InChI is InChI=1S/C16H17N3OS/c1-11-5-7-14(8-6-11)19-16(20)18-10-12-3-2-4-13(9-12)15(17)21/h2-9H,10H2,1H3,(H2,17,21)(H2,18,19,20). The number of anilines is 1. The van der Waals surface area contributed by atoms with E-state index in [9.17, 15) is 4.79 Å². The van der Waals surface area contributed by atoms with Crippen LogP contribution in [0.5, 0.6) is 0 Å². The van der Waals surface area contributed by atoms with Crippen LogP contribution in [0, 0.1) is 6.92 Å². The lowest BCUT2D eigenvalue weighted by Gasteiger charge is -2.09. The van der Waals surface area contributed by atoms with Gasteiger partial charge in [-0.1, -0.05) is 48.1 Å². The van der Waals surface area contributed by atoms with Crippen LogP contribution < -0.4 is 16.4 Å². The van der Waals surface area contributed by atoms with Crippen LogP contribution in [0.2, 0.25) is 0 Å². The lowest BCUT2D eigenvalue weighted by molar-refractivity contribution is 0.251. The van der Waals surface area contributed by atoms with Crippen molar-refractivity contribution < 1.29 is 4.79 Å². The van der Waals surface area contributed by atoms with Gasteiger partial charge in [0.05, 0.1) is 0 Å². The van der Waals surface area contributed by atoms with Gasteiger partial charge in [-0.2, -0.15) is 0 Å². The predicted molar refractivity (Wildman–Crippen MR) is 89.4 cm³/mol. The summed E-state index contributed by atoms with van der Waals surface area (Å²) in [6.07, 6.45) is 0. The molecule has 4 nitrogen and oxygen atoms in total. The van der Waals surface area contributed by atoms with Crippen molar-refractivity contribution in [1.82, 2.24) is 5.32 Å². The molecule has 0 saturated heterocycles. The fourth-order valence-electron chi connectivity index (χ4n) is 1.83. The number of carbonyl (C=O) groups excluding carboxylic acids is 1. The summed E-state index contributed by atoms with van der Waals surface area (Å²) in [5, 5.41) is 5.57. The third kappa shape index (κ3) is 4.57. The summed E-state index contributed by atoms with van der Waals surface area (Å²) in [5.74, 6) is 0. The van der Waals surface area contributed by atoms with Crippen LogP contribution in [-0.4, -0.2) is 11.0 Å². The number of aryl methyl sites for hydroxylation is 1. The average molecular weight is 299 g/mol. The highest BCUT2D eigenvalue weighted by Gasteiger charge is 2.03. The third-order valence-electron chi connectivity index (χ3n) is 2.97. The van der Waals surface area contributed by atoms with Crippen molar-refractivity contribution in [3.05, 3.63) is 65.2 Å². The SMILES string of the molecule is Cc1ccc(NC(=O)NCc2cccc(C(N)=S)c2)cc1. The van der Waals surface area contributed by atoms with E-state index in [1.54, 1.807) is 0 Å². The minimum atomic E-state index is -0.250. The van der Waals surface area contributed by atoms with Gasteiger partial charge >= 0.3 is 6.03 Å². The zero-order chi connectivity index (χ0) is 15.2. The highest BCUT2D eigenvalue weighted by Crippen LogP contribution is 2.09. The fourth-order valence-corrected chi connectivity index (χ4v) is 1.96. The van der Waals surface area contributed by atoms with Crippen LogP contribution in [0.1, 0.15) is 16.7 Å². The molecule has 0 heterocycles. The van der Waals surface area contributed by atoms with Crippen LogP contribution >= 0.6 is 12.2 Å². The lowest BCUT2D eigenvalue weighted by atomic mass is 10.1. The number of nitrogens with one attached hydrogen (secondary N) is 2. The van der Waals surface area contributed by atoms with E-state index < -0.39 is 0 Å². The third-order valence-corrected chi connectivity index (χ3v) is 3.21. The molecule has 0 unspecified atom stereocenters. The second-order valence-electron chi connectivity index (χ2n) is 4.74. The number of hydrogen-bond donors (Lipinski definition) is 3. The van der Waals surface area contributed by atoms with Crippen molar-refractivity contribution >= 4 is 28.9 Å². The molecule has 0 aromatic heterocycles. The van der Waals surface area contributed by atoms with Gasteiger partial charge in [0.15, 0.2) is 0 Å². The van der Waals surface area contributed by atoms with Gasteiger partial charge in [0.1, 0.15) is 4.99 Å². The number of thiocarbonyl (C=S) groups is 1. The number of carbonyl (C=O) groups is 1. The number of nitrogens with two attached hydrogens (primary N) is 1. The molecule has 4 N–H and O–H groups in total. The Hall–Kier alpha value is -2.40. The van der Waals surface area contributed by atoms with E-state index in [4.69, 9.17) is 18.0 Å². The minimum absolute atomic E-state index is 0.250. The Morgan fingerprint density at radius 1 is 1.19 bits per heavy atom. The first-order valence-electron chi connectivity index (χ1n) is 6.55. The summed E-state index contributed by atoms with van der Waals surface area (Å²) >= 11 is 4.93. The second kappa shape index (κ2) is 6.85. The maximum absolute atomic E-state index is 11.8. The summed E-state index contributed by atoms with van der Waals surface area (Å²) in [5.41, 5.74) is 9.23. The van der Waals surface area contributed by atoms with E-state index in [2.05, 4.69) is 10.6 Å². The van der Waals surface area contributed by atoms with E-state index in [1.807, 2.05) is 55.5 Å². The maximum Gasteiger partial charge on any atom is 0.319 e. The Kier molecular flexibility index (Phi) is 4.90. The first kappa shape index (κ1) is 15.0. The van der Waals surface area contributed by atoms with E-state index in [0.717, 1.165) is 22.4 Å². The highest BCUT2D eigenvalue weighted by atomic mass is 32.1. The van der Waals surface area contributed by atoms with Gasteiger partial charge in [0.2, 0.25) is 0 Å². The maximum atomic E-state index is 11.8. The highest BCUT2D eigenvalue weighted by molar-refractivity contribution is 7.80. The van der Waals surface area contributed by atoms with Crippen molar-refractivity contribution in [2.75, 3.05) is 5.32 Å². The molecule has 5 heteroatoms. The molecule has 0 bridgehead atoms. The Labute approximate surface area is 129 Å². The van der Waals surface area contributed by atoms with Crippen molar-refractivity contribution in [2.24, 2.45) is 5.73 Å². The summed E-state index contributed by atoms with van der Waals surface area (Å²) in [4.78, 5) is 12.2. The molecular weight excluding hydrogens is 282 g/mol. The topological polar surface area (TPSA) is 67.2 Å². The molecule has 0 fully saturated rings. The van der Waals surface area contributed by atoms with Gasteiger partial charge in [0.25, 0.3) is 0 Å². The van der Waals surface area contributed by atoms with Crippen LogP contribution in [0.25, 0.3) is 0 Å². The molecular formula is C16H17N3OS. The average Bonchev–Trinajstić information content (AvgIpc) is 2.48. The normalized spacial score (nSPS) is 9.95. The molecule has 0 spiro atoms. The second-order valence-corrected chi connectivity index (χ2v) is 5.18. The molecule has 2 aromatic rings. The van der Waals surface area contributed by atoms with Crippen LogP contribution in [0.3, 0.4) is 0 Å². The van der Waals surface area contributed by atoms with Gasteiger partial charge in [-0.15, -0.1) is 0 Å². The molecule has 2 amide bonds. The molecule has 0 aliphatic carbocycles. The van der Waals surface area contributed by atoms with Crippen molar-refractivity contribution in [2.45, 2.75) is 13.5 Å². The lowest BCUT2D eigenvalue weighted by Crippen LogP contribution is -2.28. The number of rotatable bonds is 4. The van der Waals surface area contributed by atoms with Gasteiger partial charge in [-0.3, -0.25) is 0 Å². The van der Waals surface area contributed by atoms with Crippen molar-refractivity contribution in [3.8, 4) is 0 Å². The van der Waals surface area contributed by atoms with Crippen molar-refractivity contribution in [1.29, 1.82) is 0 Å². The van der Waals surface area contributed by atoms with E-state index >= 15 is 0 Å². The smallest absolute Gasteiger partial charge is 0.319 e. The van der Waals surface area contributed by atoms with E-state index in [0.29, 0.717) is 11.5 Å². The number of benzene rings is 2. The summed E-state index contributed by atoms with van der Waals surface area (Å²) in [7, 11) is 0. The van der Waals surface area contributed by atoms with Gasteiger partial charge in [0, 0.05) is 17.8 Å². The molecule has 2 rings (SSSR count). The number of hydrogen-bond acceptors (Lipinski definition) is 2. The Morgan fingerprint density at radius 2 is 1.90 bits per heavy atom. The van der Waals surface area contributed by atoms with Crippen LogP contribution in [0.4, 0.5) is 10.5 Å².